The average molecular weight is 156 g/mol. The third-order valence-corrected chi connectivity index (χ3v) is 2.35. The molecule has 2 heteroatoms. The van der Waals surface area contributed by atoms with Gasteiger partial charge in [-0.05, 0) is 26.2 Å². The fourth-order valence-electron chi connectivity index (χ4n) is 1.44. The van der Waals surface area contributed by atoms with Crippen LogP contribution in [0.3, 0.4) is 0 Å². The van der Waals surface area contributed by atoms with E-state index in [9.17, 15) is 5.11 Å². The monoisotopic (exact) mass is 156 g/mol. The highest BCUT2D eigenvalue weighted by Gasteiger charge is 2.33. The highest BCUT2D eigenvalue weighted by Crippen LogP contribution is 2.27. The molecular formula is C9H16O2. The second kappa shape index (κ2) is 3.37. The van der Waals surface area contributed by atoms with E-state index in [2.05, 4.69) is 6.58 Å². The number of hydrogen-bond donors (Lipinski definition) is 1. The van der Waals surface area contributed by atoms with Crippen molar-refractivity contribution in [1.29, 1.82) is 0 Å². The molecule has 11 heavy (non-hydrogen) atoms. The molecule has 0 aromatic rings. The summed E-state index contributed by atoms with van der Waals surface area (Å²) in [4.78, 5) is 0. The van der Waals surface area contributed by atoms with Crippen LogP contribution in [0, 0.1) is 0 Å². The summed E-state index contributed by atoms with van der Waals surface area (Å²) >= 11 is 0. The van der Waals surface area contributed by atoms with Crippen molar-refractivity contribution in [3.63, 3.8) is 0 Å². The summed E-state index contributed by atoms with van der Waals surface area (Å²) in [6.45, 7) is 6.26. The minimum atomic E-state index is -0.525. The summed E-state index contributed by atoms with van der Waals surface area (Å²) in [6.07, 6.45) is 4.20. The Balaban J connectivity index is 2.55. The van der Waals surface area contributed by atoms with Crippen molar-refractivity contribution in [3.05, 3.63) is 12.7 Å². The molecule has 0 saturated carbocycles. The zero-order valence-electron chi connectivity index (χ0n) is 7.05. The van der Waals surface area contributed by atoms with Crippen LogP contribution in [-0.4, -0.2) is 23.4 Å². The van der Waals surface area contributed by atoms with Gasteiger partial charge in [0, 0.05) is 6.61 Å². The van der Waals surface area contributed by atoms with Crippen LogP contribution in [0.1, 0.15) is 26.2 Å². The Bertz CT molecular complexity index is 136. The molecule has 1 N–H and O–H groups in total. The number of aliphatic hydroxyl groups is 1. The summed E-state index contributed by atoms with van der Waals surface area (Å²) in [5, 5.41) is 9.50. The smallest absolute Gasteiger partial charge is 0.100 e. The van der Waals surface area contributed by atoms with Crippen LogP contribution in [0.25, 0.3) is 0 Å². The Kier molecular flexibility index (Phi) is 2.68. The maximum absolute atomic E-state index is 9.50. The van der Waals surface area contributed by atoms with E-state index in [-0.39, 0.29) is 5.60 Å². The summed E-state index contributed by atoms with van der Waals surface area (Å²) in [7, 11) is 0. The van der Waals surface area contributed by atoms with E-state index in [1.54, 1.807) is 6.08 Å². The zero-order valence-corrected chi connectivity index (χ0v) is 7.05. The highest BCUT2D eigenvalue weighted by molar-refractivity contribution is 4.95. The van der Waals surface area contributed by atoms with Crippen molar-refractivity contribution in [1.82, 2.24) is 0 Å². The fraction of sp³-hybridized carbons (Fsp3) is 0.778. The van der Waals surface area contributed by atoms with Gasteiger partial charge in [-0.1, -0.05) is 6.08 Å². The molecule has 0 radical (unpaired) electrons. The predicted octanol–water partition coefficient (Wildman–Crippen LogP) is 1.49. The van der Waals surface area contributed by atoms with Gasteiger partial charge in [0.1, 0.15) is 6.10 Å². The van der Waals surface area contributed by atoms with Crippen LogP contribution in [0.4, 0.5) is 0 Å². The number of ether oxygens (including phenoxy) is 1. The second-order valence-corrected chi connectivity index (χ2v) is 3.30. The number of aliphatic hydroxyl groups excluding tert-OH is 1. The van der Waals surface area contributed by atoms with Crippen molar-refractivity contribution in [2.45, 2.75) is 37.9 Å². The topological polar surface area (TPSA) is 29.5 Å². The molecule has 2 unspecified atom stereocenters. The van der Waals surface area contributed by atoms with Gasteiger partial charge in [-0.25, -0.2) is 0 Å². The van der Waals surface area contributed by atoms with Crippen LogP contribution in [-0.2, 0) is 4.74 Å². The van der Waals surface area contributed by atoms with Crippen LogP contribution in [0.2, 0.25) is 0 Å². The first-order valence-electron chi connectivity index (χ1n) is 4.13. The molecule has 0 bridgehead atoms. The lowest BCUT2D eigenvalue weighted by atomic mass is 9.90. The Hall–Kier alpha value is -0.340. The average Bonchev–Trinajstić information content (AvgIpc) is 2.04. The third kappa shape index (κ3) is 1.82. The Morgan fingerprint density at radius 3 is 2.82 bits per heavy atom. The van der Waals surface area contributed by atoms with Gasteiger partial charge in [-0.3, -0.25) is 0 Å². The van der Waals surface area contributed by atoms with E-state index in [4.69, 9.17) is 4.74 Å². The van der Waals surface area contributed by atoms with Gasteiger partial charge in [0.15, 0.2) is 0 Å². The second-order valence-electron chi connectivity index (χ2n) is 3.30. The van der Waals surface area contributed by atoms with E-state index in [0.717, 1.165) is 25.9 Å². The SMILES string of the molecule is C=CC(O)C1(C)CCCCO1. The predicted molar refractivity (Wildman–Crippen MR) is 44.4 cm³/mol. The molecule has 1 aliphatic rings. The minimum absolute atomic E-state index is 0.375. The lowest BCUT2D eigenvalue weighted by Crippen LogP contribution is -2.43. The van der Waals surface area contributed by atoms with Crippen molar-refractivity contribution in [2.75, 3.05) is 6.61 Å². The van der Waals surface area contributed by atoms with Crippen molar-refractivity contribution in [2.24, 2.45) is 0 Å². The maximum atomic E-state index is 9.50. The summed E-state index contributed by atoms with van der Waals surface area (Å²) in [5.41, 5.74) is -0.375. The Morgan fingerprint density at radius 1 is 1.64 bits per heavy atom. The van der Waals surface area contributed by atoms with Gasteiger partial charge in [-0.15, -0.1) is 6.58 Å². The quantitative estimate of drug-likeness (QED) is 0.614. The van der Waals surface area contributed by atoms with Crippen LogP contribution in [0.15, 0.2) is 12.7 Å². The molecule has 2 nitrogen and oxygen atoms in total. The zero-order chi connectivity index (χ0) is 8.32. The molecule has 0 aromatic carbocycles. The number of hydrogen-bond acceptors (Lipinski definition) is 2. The van der Waals surface area contributed by atoms with Crippen molar-refractivity contribution >= 4 is 0 Å². The van der Waals surface area contributed by atoms with Crippen molar-refractivity contribution < 1.29 is 9.84 Å². The van der Waals surface area contributed by atoms with Crippen molar-refractivity contribution in [3.8, 4) is 0 Å². The van der Waals surface area contributed by atoms with E-state index in [1.165, 1.54) is 0 Å². The van der Waals surface area contributed by atoms with Gasteiger partial charge < -0.3 is 9.84 Å². The van der Waals surface area contributed by atoms with Gasteiger partial charge >= 0.3 is 0 Å². The van der Waals surface area contributed by atoms with Gasteiger partial charge in [0.05, 0.1) is 5.60 Å². The van der Waals surface area contributed by atoms with E-state index >= 15 is 0 Å². The van der Waals surface area contributed by atoms with E-state index in [0.29, 0.717) is 0 Å². The highest BCUT2D eigenvalue weighted by atomic mass is 16.5. The van der Waals surface area contributed by atoms with Gasteiger partial charge in [-0.2, -0.15) is 0 Å². The molecule has 1 fully saturated rings. The first-order valence-corrected chi connectivity index (χ1v) is 4.13. The molecule has 1 heterocycles. The molecule has 64 valence electrons. The molecule has 0 aliphatic carbocycles. The van der Waals surface area contributed by atoms with Gasteiger partial charge in [0.25, 0.3) is 0 Å². The van der Waals surface area contributed by atoms with Crippen LogP contribution < -0.4 is 0 Å². The van der Waals surface area contributed by atoms with E-state index in [1.807, 2.05) is 6.92 Å². The lowest BCUT2D eigenvalue weighted by molar-refractivity contribution is -0.120. The van der Waals surface area contributed by atoms with E-state index < -0.39 is 6.10 Å². The van der Waals surface area contributed by atoms with Crippen LogP contribution in [0.5, 0.6) is 0 Å². The maximum Gasteiger partial charge on any atom is 0.100 e. The molecule has 0 aromatic heterocycles. The summed E-state index contributed by atoms with van der Waals surface area (Å²) in [6, 6.07) is 0. The lowest BCUT2D eigenvalue weighted by Gasteiger charge is -2.36. The number of rotatable bonds is 2. The summed E-state index contributed by atoms with van der Waals surface area (Å²) < 4.78 is 5.50. The normalized spacial score (nSPS) is 34.7. The third-order valence-electron chi connectivity index (χ3n) is 2.35. The molecular weight excluding hydrogens is 140 g/mol. The Morgan fingerprint density at radius 2 is 2.36 bits per heavy atom. The Labute approximate surface area is 67.9 Å². The molecule has 0 amide bonds. The molecule has 2 atom stereocenters. The standard InChI is InChI=1S/C9H16O2/c1-3-8(10)9(2)6-4-5-7-11-9/h3,8,10H,1,4-7H2,2H3. The molecule has 0 spiro atoms. The minimum Gasteiger partial charge on any atom is -0.386 e. The molecule has 1 aliphatic heterocycles. The molecule has 1 rings (SSSR count). The fourth-order valence-corrected chi connectivity index (χ4v) is 1.44. The first kappa shape index (κ1) is 8.75. The molecule has 1 saturated heterocycles. The first-order chi connectivity index (χ1) is 5.19. The van der Waals surface area contributed by atoms with Gasteiger partial charge in [0.2, 0.25) is 0 Å². The van der Waals surface area contributed by atoms with Crippen LogP contribution >= 0.6 is 0 Å². The summed E-state index contributed by atoms with van der Waals surface area (Å²) in [5.74, 6) is 0. The largest absolute Gasteiger partial charge is 0.386 e.